The number of aromatic nitrogens is 1. The molecule has 0 aliphatic rings. The van der Waals surface area contributed by atoms with Gasteiger partial charge < -0.3 is 15.2 Å². The second kappa shape index (κ2) is 4.41. The molecule has 0 saturated heterocycles. The van der Waals surface area contributed by atoms with E-state index in [1.165, 1.54) is 16.6 Å². The minimum Gasteiger partial charge on any atom is -0.371 e. The fraction of sp³-hybridized carbons (Fsp3) is 0.429. The van der Waals surface area contributed by atoms with Crippen LogP contribution in [0, 0.1) is 0 Å². The van der Waals surface area contributed by atoms with Gasteiger partial charge in [0.1, 0.15) is 0 Å². The van der Waals surface area contributed by atoms with Gasteiger partial charge in [-0.05, 0) is 27.0 Å². The molecule has 0 atom stereocenters. The largest absolute Gasteiger partial charge is 0.371 e. The highest BCUT2D eigenvalue weighted by Gasteiger charge is 2.18. The number of likely N-dealkylation sites (N-methyl/N-ethyl adjacent to an activating group) is 2. The van der Waals surface area contributed by atoms with Crippen molar-refractivity contribution in [1.82, 2.24) is 10.3 Å². The van der Waals surface area contributed by atoms with Crippen molar-refractivity contribution in [3.8, 4) is 0 Å². The Balaban J connectivity index is 2.28. The second-order valence-corrected chi connectivity index (χ2v) is 5.21. The van der Waals surface area contributed by atoms with Gasteiger partial charge >= 0.3 is 0 Å². The average Bonchev–Trinajstić information content (AvgIpc) is 2.72. The molecule has 2 aromatic rings. The molecule has 92 valence electrons. The first kappa shape index (κ1) is 12.0. The SMILES string of the molecule is CNC(C)(C)CN(C)c1c[nH]c2ccccc12. The number of rotatable bonds is 4. The van der Waals surface area contributed by atoms with Gasteiger partial charge in [0.2, 0.25) is 0 Å². The monoisotopic (exact) mass is 231 g/mol. The Morgan fingerprint density at radius 1 is 1.29 bits per heavy atom. The first-order valence-electron chi connectivity index (χ1n) is 6.00. The molecule has 1 heterocycles. The van der Waals surface area contributed by atoms with E-state index in [0.717, 1.165) is 6.54 Å². The molecule has 1 aromatic heterocycles. The Bertz CT molecular complexity index is 499. The van der Waals surface area contributed by atoms with Crippen LogP contribution in [0.15, 0.2) is 30.5 Å². The van der Waals surface area contributed by atoms with E-state index in [1.807, 2.05) is 7.05 Å². The predicted octanol–water partition coefficient (Wildman–Crippen LogP) is 2.60. The van der Waals surface area contributed by atoms with Crippen LogP contribution in [0.4, 0.5) is 5.69 Å². The summed E-state index contributed by atoms with van der Waals surface area (Å²) in [6, 6.07) is 8.40. The lowest BCUT2D eigenvalue weighted by molar-refractivity contribution is 0.428. The maximum atomic E-state index is 3.33. The molecular formula is C14H21N3. The molecule has 0 fully saturated rings. The lowest BCUT2D eigenvalue weighted by Crippen LogP contribution is -2.46. The van der Waals surface area contributed by atoms with Crippen molar-refractivity contribution in [2.24, 2.45) is 0 Å². The Labute approximate surface area is 103 Å². The van der Waals surface area contributed by atoms with Gasteiger partial charge in [-0.3, -0.25) is 0 Å². The van der Waals surface area contributed by atoms with Crippen LogP contribution in [0.25, 0.3) is 10.9 Å². The zero-order valence-electron chi connectivity index (χ0n) is 11.0. The van der Waals surface area contributed by atoms with Crippen LogP contribution in [-0.2, 0) is 0 Å². The highest BCUT2D eigenvalue weighted by atomic mass is 15.1. The Hall–Kier alpha value is -1.48. The topological polar surface area (TPSA) is 31.1 Å². The number of nitrogens with zero attached hydrogens (tertiary/aromatic N) is 1. The number of para-hydroxylation sites is 1. The third-order valence-electron chi connectivity index (χ3n) is 3.29. The van der Waals surface area contributed by atoms with Crippen LogP contribution in [0.2, 0.25) is 0 Å². The minimum atomic E-state index is 0.104. The van der Waals surface area contributed by atoms with Crippen molar-refractivity contribution >= 4 is 16.6 Å². The summed E-state index contributed by atoms with van der Waals surface area (Å²) in [5.74, 6) is 0. The Kier molecular flexibility index (Phi) is 3.11. The molecule has 17 heavy (non-hydrogen) atoms. The summed E-state index contributed by atoms with van der Waals surface area (Å²) in [5.41, 5.74) is 2.55. The van der Waals surface area contributed by atoms with E-state index in [4.69, 9.17) is 0 Å². The van der Waals surface area contributed by atoms with Crippen LogP contribution in [-0.4, -0.2) is 31.2 Å². The van der Waals surface area contributed by atoms with Crippen molar-refractivity contribution in [2.45, 2.75) is 19.4 Å². The first-order chi connectivity index (χ1) is 8.03. The van der Waals surface area contributed by atoms with Crippen LogP contribution in [0.3, 0.4) is 0 Å². The normalized spacial score (nSPS) is 12.0. The molecule has 0 aliphatic carbocycles. The molecule has 0 amide bonds. The van der Waals surface area contributed by atoms with E-state index in [0.29, 0.717) is 0 Å². The fourth-order valence-corrected chi connectivity index (χ4v) is 2.13. The maximum absolute atomic E-state index is 3.33. The van der Waals surface area contributed by atoms with Gasteiger partial charge in [0.15, 0.2) is 0 Å². The standard InChI is InChI=1S/C14H21N3/c1-14(2,15-3)10-17(4)13-9-16-12-8-6-5-7-11(12)13/h5-9,15-16H,10H2,1-4H3. The molecule has 1 aromatic carbocycles. The van der Waals surface area contributed by atoms with Crippen LogP contribution < -0.4 is 10.2 Å². The van der Waals surface area contributed by atoms with Crippen LogP contribution >= 0.6 is 0 Å². The molecule has 0 radical (unpaired) electrons. The summed E-state index contributed by atoms with van der Waals surface area (Å²) in [6.07, 6.45) is 2.08. The molecule has 0 saturated carbocycles. The molecule has 3 heteroatoms. The maximum Gasteiger partial charge on any atom is 0.0621 e. The summed E-state index contributed by atoms with van der Waals surface area (Å²) in [7, 11) is 4.14. The minimum absolute atomic E-state index is 0.104. The van der Waals surface area contributed by atoms with Crippen molar-refractivity contribution in [3.63, 3.8) is 0 Å². The van der Waals surface area contributed by atoms with Gasteiger partial charge in [-0.15, -0.1) is 0 Å². The number of anilines is 1. The van der Waals surface area contributed by atoms with E-state index in [1.54, 1.807) is 0 Å². The highest BCUT2D eigenvalue weighted by Crippen LogP contribution is 2.26. The van der Waals surface area contributed by atoms with E-state index >= 15 is 0 Å². The second-order valence-electron chi connectivity index (χ2n) is 5.21. The number of hydrogen-bond acceptors (Lipinski definition) is 2. The number of fused-ring (bicyclic) bond motifs is 1. The van der Waals surface area contributed by atoms with Crippen molar-refractivity contribution in [1.29, 1.82) is 0 Å². The summed E-state index contributed by atoms with van der Waals surface area (Å²) in [5, 5.41) is 4.61. The van der Waals surface area contributed by atoms with Crippen LogP contribution in [0.1, 0.15) is 13.8 Å². The molecule has 0 aliphatic heterocycles. The van der Waals surface area contributed by atoms with Gasteiger partial charge in [-0.2, -0.15) is 0 Å². The van der Waals surface area contributed by atoms with Gasteiger partial charge in [-0.1, -0.05) is 18.2 Å². The van der Waals surface area contributed by atoms with E-state index in [-0.39, 0.29) is 5.54 Å². The van der Waals surface area contributed by atoms with E-state index < -0.39 is 0 Å². The Morgan fingerprint density at radius 2 is 2.00 bits per heavy atom. The molecule has 2 N–H and O–H groups in total. The summed E-state index contributed by atoms with van der Waals surface area (Å²) in [6.45, 7) is 5.38. The summed E-state index contributed by atoms with van der Waals surface area (Å²) < 4.78 is 0. The fourth-order valence-electron chi connectivity index (χ4n) is 2.13. The zero-order chi connectivity index (χ0) is 12.5. The number of benzene rings is 1. The summed E-state index contributed by atoms with van der Waals surface area (Å²) >= 11 is 0. The zero-order valence-corrected chi connectivity index (χ0v) is 11.0. The molecule has 2 rings (SSSR count). The number of nitrogens with one attached hydrogen (secondary N) is 2. The predicted molar refractivity (Wildman–Crippen MR) is 74.7 cm³/mol. The molecule has 0 spiro atoms. The lowest BCUT2D eigenvalue weighted by Gasteiger charge is -2.31. The lowest BCUT2D eigenvalue weighted by atomic mass is 10.1. The van der Waals surface area contributed by atoms with E-state index in [2.05, 4.69) is 66.6 Å². The smallest absolute Gasteiger partial charge is 0.0621 e. The highest BCUT2D eigenvalue weighted by molar-refractivity contribution is 5.92. The number of aromatic amines is 1. The average molecular weight is 231 g/mol. The third-order valence-corrected chi connectivity index (χ3v) is 3.29. The van der Waals surface area contributed by atoms with Gasteiger partial charge in [0, 0.05) is 36.2 Å². The van der Waals surface area contributed by atoms with Gasteiger partial charge in [0.05, 0.1) is 5.69 Å². The van der Waals surface area contributed by atoms with Gasteiger partial charge in [0.25, 0.3) is 0 Å². The number of hydrogen-bond donors (Lipinski definition) is 2. The van der Waals surface area contributed by atoms with Crippen molar-refractivity contribution in [3.05, 3.63) is 30.5 Å². The molecule has 3 nitrogen and oxygen atoms in total. The van der Waals surface area contributed by atoms with Crippen molar-refractivity contribution < 1.29 is 0 Å². The molecule has 0 bridgehead atoms. The van der Waals surface area contributed by atoms with Crippen LogP contribution in [0.5, 0.6) is 0 Å². The van der Waals surface area contributed by atoms with Crippen molar-refractivity contribution in [2.75, 3.05) is 25.5 Å². The summed E-state index contributed by atoms with van der Waals surface area (Å²) in [4.78, 5) is 5.60. The quantitative estimate of drug-likeness (QED) is 0.847. The van der Waals surface area contributed by atoms with Gasteiger partial charge in [-0.25, -0.2) is 0 Å². The molecular weight excluding hydrogens is 210 g/mol. The first-order valence-corrected chi connectivity index (χ1v) is 6.00. The number of H-pyrrole nitrogens is 1. The Morgan fingerprint density at radius 3 is 2.71 bits per heavy atom. The van der Waals surface area contributed by atoms with E-state index in [9.17, 15) is 0 Å². The molecule has 0 unspecified atom stereocenters. The third kappa shape index (κ3) is 2.44.